The van der Waals surface area contributed by atoms with Crippen molar-refractivity contribution in [1.82, 2.24) is 15.1 Å². The van der Waals surface area contributed by atoms with E-state index in [9.17, 15) is 45.4 Å². The number of nitrogens with zero attached hydrogens (tertiary/aromatic N) is 2. The second-order valence-electron chi connectivity index (χ2n) is 12.3. The van der Waals surface area contributed by atoms with Gasteiger partial charge in [0.05, 0.1) is 29.2 Å². The molecule has 1 aliphatic heterocycles. The maximum atomic E-state index is 13.9. The molecule has 1 fully saturated rings. The van der Waals surface area contributed by atoms with Crippen LogP contribution >= 0.6 is 0 Å². The molecule has 0 radical (unpaired) electrons. The van der Waals surface area contributed by atoms with E-state index in [1.54, 1.807) is 36.8 Å². The van der Waals surface area contributed by atoms with E-state index < -0.39 is 52.9 Å². The third-order valence-electron chi connectivity index (χ3n) is 7.78. The molecule has 2 aromatic rings. The molecule has 0 aromatic heterocycles. The minimum absolute atomic E-state index is 0.0323. The van der Waals surface area contributed by atoms with Crippen molar-refractivity contribution in [3.63, 3.8) is 0 Å². The Labute approximate surface area is 252 Å². The second-order valence-corrected chi connectivity index (χ2v) is 12.3. The molecule has 3 rings (SSSR count). The van der Waals surface area contributed by atoms with Gasteiger partial charge in [0.1, 0.15) is 5.82 Å². The Hall–Kier alpha value is -3.35. The van der Waals surface area contributed by atoms with Gasteiger partial charge in [-0.2, -0.15) is 26.3 Å². The highest BCUT2D eigenvalue weighted by atomic mass is 19.4. The van der Waals surface area contributed by atoms with Crippen LogP contribution in [0.15, 0.2) is 36.4 Å². The highest BCUT2D eigenvalue weighted by Gasteiger charge is 2.38. The molecule has 1 saturated heterocycles. The molecule has 44 heavy (non-hydrogen) atoms. The molecule has 6 nitrogen and oxygen atoms in total. The van der Waals surface area contributed by atoms with Gasteiger partial charge >= 0.3 is 18.4 Å². The summed E-state index contributed by atoms with van der Waals surface area (Å²) >= 11 is 0. The largest absolute Gasteiger partial charge is 0.416 e. The van der Waals surface area contributed by atoms with Crippen LogP contribution in [0.3, 0.4) is 0 Å². The van der Waals surface area contributed by atoms with Gasteiger partial charge in [0.25, 0.3) is 0 Å². The first-order chi connectivity index (χ1) is 20.2. The molecule has 2 N–H and O–H groups in total. The SMILES string of the molecule is Cc1cc(F)ccc1[C@H]1C[C@@H](N(C)C(=O)CC(C)(C)O)CCN1C(=O)NCC(C)Cc1cc(C(F)(F)F)cc(C(F)(F)F)c1. The van der Waals surface area contributed by atoms with Gasteiger partial charge in [-0.15, -0.1) is 0 Å². The number of halogens is 7. The van der Waals surface area contributed by atoms with Crippen LogP contribution in [-0.2, 0) is 23.6 Å². The van der Waals surface area contributed by atoms with Crippen molar-refractivity contribution in [3.05, 3.63) is 70.0 Å². The monoisotopic (exact) mass is 633 g/mol. The number of hydrogen-bond acceptors (Lipinski definition) is 3. The molecule has 1 heterocycles. The van der Waals surface area contributed by atoms with Crippen molar-refractivity contribution in [2.45, 2.75) is 83.4 Å². The van der Waals surface area contributed by atoms with Crippen molar-refractivity contribution in [3.8, 4) is 0 Å². The predicted octanol–water partition coefficient (Wildman–Crippen LogP) is 6.89. The van der Waals surface area contributed by atoms with Gasteiger partial charge in [-0.1, -0.05) is 13.0 Å². The maximum absolute atomic E-state index is 13.9. The average Bonchev–Trinajstić information content (AvgIpc) is 2.89. The molecule has 3 atom stereocenters. The van der Waals surface area contributed by atoms with E-state index in [0.29, 0.717) is 36.1 Å². The molecule has 13 heteroatoms. The van der Waals surface area contributed by atoms with Crippen molar-refractivity contribution in [2.75, 3.05) is 20.1 Å². The molecular weight excluding hydrogens is 595 g/mol. The summed E-state index contributed by atoms with van der Waals surface area (Å²) in [7, 11) is 1.63. The Morgan fingerprint density at radius 3 is 2.16 bits per heavy atom. The first-order valence-corrected chi connectivity index (χ1v) is 14.2. The lowest BCUT2D eigenvalue weighted by molar-refractivity contribution is -0.143. The van der Waals surface area contributed by atoms with Crippen LogP contribution in [0.5, 0.6) is 0 Å². The van der Waals surface area contributed by atoms with Crippen LogP contribution in [-0.4, -0.2) is 58.6 Å². The number of amides is 3. The predicted molar refractivity (Wildman–Crippen MR) is 150 cm³/mol. The molecule has 244 valence electrons. The van der Waals surface area contributed by atoms with Crippen molar-refractivity contribution >= 4 is 11.9 Å². The quantitative estimate of drug-likeness (QED) is 0.311. The van der Waals surface area contributed by atoms with E-state index in [1.807, 2.05) is 0 Å². The fourth-order valence-electron chi connectivity index (χ4n) is 5.52. The molecule has 0 aliphatic carbocycles. The van der Waals surface area contributed by atoms with Crippen LogP contribution in [0.4, 0.5) is 35.5 Å². The summed E-state index contributed by atoms with van der Waals surface area (Å²) in [6, 6.07) is 4.28. The number of nitrogens with one attached hydrogen (secondary N) is 1. The average molecular weight is 634 g/mol. The van der Waals surface area contributed by atoms with Gasteiger partial charge in [-0.3, -0.25) is 4.79 Å². The van der Waals surface area contributed by atoms with E-state index in [1.165, 1.54) is 26.0 Å². The lowest BCUT2D eigenvalue weighted by Gasteiger charge is -2.43. The summed E-state index contributed by atoms with van der Waals surface area (Å²) in [5.74, 6) is -1.24. The number of likely N-dealkylation sites (tertiary alicyclic amines) is 1. The van der Waals surface area contributed by atoms with Gasteiger partial charge in [-0.25, -0.2) is 9.18 Å². The maximum Gasteiger partial charge on any atom is 0.416 e. The van der Waals surface area contributed by atoms with Crippen LogP contribution in [0, 0.1) is 18.7 Å². The Balaban J connectivity index is 1.76. The number of aliphatic hydroxyl groups is 1. The zero-order valence-electron chi connectivity index (χ0n) is 25.2. The molecule has 1 unspecified atom stereocenters. The van der Waals surface area contributed by atoms with Crippen LogP contribution < -0.4 is 5.32 Å². The summed E-state index contributed by atoms with van der Waals surface area (Å²) in [4.78, 5) is 29.3. The van der Waals surface area contributed by atoms with Gasteiger partial charge in [0, 0.05) is 26.2 Å². The summed E-state index contributed by atoms with van der Waals surface area (Å²) in [6.07, 6.45) is -9.42. The number of benzene rings is 2. The van der Waals surface area contributed by atoms with Gasteiger partial charge < -0.3 is 20.2 Å². The molecule has 3 amide bonds. The Morgan fingerprint density at radius 1 is 1.05 bits per heavy atom. The van der Waals surface area contributed by atoms with Crippen LogP contribution in [0.1, 0.15) is 73.9 Å². The normalized spacial score (nSPS) is 18.6. The number of rotatable bonds is 8. The zero-order chi connectivity index (χ0) is 33.2. The number of alkyl halides is 6. The van der Waals surface area contributed by atoms with E-state index in [4.69, 9.17) is 0 Å². The second kappa shape index (κ2) is 13.3. The molecule has 0 spiro atoms. The lowest BCUT2D eigenvalue weighted by atomic mass is 9.88. The van der Waals surface area contributed by atoms with E-state index >= 15 is 0 Å². The fourth-order valence-corrected chi connectivity index (χ4v) is 5.52. The summed E-state index contributed by atoms with van der Waals surface area (Å²) in [5, 5.41) is 12.8. The highest BCUT2D eigenvalue weighted by molar-refractivity contribution is 5.77. The Bertz CT molecular complexity index is 1310. The van der Waals surface area contributed by atoms with Gasteiger partial charge in [0.2, 0.25) is 5.91 Å². The molecule has 2 aromatic carbocycles. The van der Waals surface area contributed by atoms with E-state index in [-0.39, 0.29) is 49.5 Å². The minimum atomic E-state index is -4.96. The number of carbonyl (C=O) groups is 2. The van der Waals surface area contributed by atoms with Crippen molar-refractivity contribution in [1.29, 1.82) is 0 Å². The third kappa shape index (κ3) is 9.33. The molecular formula is C31H38F7N3O3. The van der Waals surface area contributed by atoms with Gasteiger partial charge in [-0.05, 0) is 93.0 Å². The smallest absolute Gasteiger partial charge is 0.390 e. The lowest BCUT2D eigenvalue weighted by Crippen LogP contribution is -2.52. The number of urea groups is 1. The Kier molecular flexibility index (Phi) is 10.6. The first-order valence-electron chi connectivity index (χ1n) is 14.2. The van der Waals surface area contributed by atoms with Crippen LogP contribution in [0.2, 0.25) is 0 Å². The standard InChI is InChI=1S/C31H38F7N3O3/c1-18(10-20-12-21(30(33,34)35)14-22(13-20)31(36,37)38)17-39-28(43)41-9-8-24(40(5)27(42)16-29(3,4)44)15-26(41)25-7-6-23(32)11-19(25)2/h6-7,11-14,18,24,26,44H,8-10,15-17H2,1-5H3,(H,39,43)/t18?,24-,26+/m0/s1. The van der Waals surface area contributed by atoms with Crippen molar-refractivity contribution < 1.29 is 45.4 Å². The molecule has 1 aliphatic rings. The third-order valence-corrected chi connectivity index (χ3v) is 7.78. The number of piperidine rings is 1. The van der Waals surface area contributed by atoms with Crippen LogP contribution in [0.25, 0.3) is 0 Å². The first kappa shape index (κ1) is 35.1. The van der Waals surface area contributed by atoms with E-state index in [2.05, 4.69) is 5.32 Å². The van der Waals surface area contributed by atoms with Gasteiger partial charge in [0.15, 0.2) is 0 Å². The molecule has 0 saturated carbocycles. The Morgan fingerprint density at radius 2 is 1.64 bits per heavy atom. The summed E-state index contributed by atoms with van der Waals surface area (Å²) in [5.41, 5.74) is -2.90. The highest BCUT2D eigenvalue weighted by Crippen LogP contribution is 2.37. The van der Waals surface area contributed by atoms with E-state index in [0.717, 1.165) is 0 Å². The number of hydrogen-bond donors (Lipinski definition) is 2. The zero-order valence-corrected chi connectivity index (χ0v) is 25.2. The molecule has 0 bridgehead atoms. The number of carbonyl (C=O) groups excluding carboxylic acids is 2. The number of aryl methyl sites for hydroxylation is 1. The topological polar surface area (TPSA) is 72.9 Å². The summed E-state index contributed by atoms with van der Waals surface area (Å²) in [6.45, 7) is 6.54. The minimum Gasteiger partial charge on any atom is -0.390 e. The van der Waals surface area contributed by atoms with Crippen molar-refractivity contribution in [2.24, 2.45) is 5.92 Å². The summed E-state index contributed by atoms with van der Waals surface area (Å²) < 4.78 is 93.5. The fraction of sp³-hybridized carbons (Fsp3) is 0.548.